The molecule has 3 aliphatic heterocycles. The van der Waals surface area contributed by atoms with Gasteiger partial charge >= 0.3 is 0 Å². The maximum atomic E-state index is 13.0. The number of carbonyl (C=O) groups excluding carboxylic acids is 2. The Balaban J connectivity index is 1.30. The number of ether oxygens (including phenoxy) is 3. The first kappa shape index (κ1) is 18.0. The lowest BCUT2D eigenvalue weighted by atomic mass is 9.82. The normalized spacial score (nSPS) is 19.5. The predicted octanol–water partition coefficient (Wildman–Crippen LogP) is 3.41. The fourth-order valence-electron chi connectivity index (χ4n) is 4.36. The van der Waals surface area contributed by atoms with Crippen LogP contribution in [0, 0.1) is 6.92 Å². The van der Waals surface area contributed by atoms with Gasteiger partial charge in [-0.2, -0.15) is 0 Å². The first-order valence-electron chi connectivity index (χ1n) is 10.0. The van der Waals surface area contributed by atoms with E-state index in [1.165, 1.54) is 0 Å². The summed E-state index contributed by atoms with van der Waals surface area (Å²) in [6.07, 6.45) is 1.65. The molecule has 2 aromatic rings. The summed E-state index contributed by atoms with van der Waals surface area (Å²) in [5.41, 5.74) is 1.80. The van der Waals surface area contributed by atoms with Crippen LogP contribution < -0.4 is 14.2 Å². The highest BCUT2D eigenvalue weighted by molar-refractivity contribution is 6.00. The van der Waals surface area contributed by atoms with E-state index in [0.29, 0.717) is 73.9 Å². The Morgan fingerprint density at radius 2 is 1.69 bits per heavy atom. The average molecular weight is 393 g/mol. The second kappa shape index (κ2) is 6.79. The molecule has 6 nitrogen and oxygen atoms in total. The molecule has 0 aromatic heterocycles. The van der Waals surface area contributed by atoms with Crippen molar-refractivity contribution in [3.05, 3.63) is 53.1 Å². The number of likely N-dealkylation sites (tertiary alicyclic amines) is 1. The van der Waals surface area contributed by atoms with Gasteiger partial charge in [0.1, 0.15) is 24.6 Å². The number of carbonyl (C=O) groups is 2. The lowest BCUT2D eigenvalue weighted by Gasteiger charge is -2.44. The van der Waals surface area contributed by atoms with Gasteiger partial charge in [0.05, 0.1) is 12.0 Å². The molecule has 6 heteroatoms. The topological polar surface area (TPSA) is 65.1 Å². The lowest BCUT2D eigenvalue weighted by Crippen LogP contribution is -2.52. The molecule has 1 saturated heterocycles. The van der Waals surface area contributed by atoms with Crippen LogP contribution in [0.2, 0.25) is 0 Å². The van der Waals surface area contributed by atoms with Crippen LogP contribution in [0.1, 0.15) is 45.5 Å². The second-order valence-electron chi connectivity index (χ2n) is 8.04. The third-order valence-corrected chi connectivity index (χ3v) is 6.00. The SMILES string of the molecule is Cc1ccc2c(c1)C(=O)CC1(CCN(C(=O)c3ccc4c(c3)OCCO4)CC1)O2. The zero-order valence-electron chi connectivity index (χ0n) is 16.4. The summed E-state index contributed by atoms with van der Waals surface area (Å²) in [6, 6.07) is 11.1. The van der Waals surface area contributed by atoms with Crippen LogP contribution >= 0.6 is 0 Å². The van der Waals surface area contributed by atoms with Crippen LogP contribution in [0.3, 0.4) is 0 Å². The molecule has 1 fully saturated rings. The molecule has 0 atom stereocenters. The van der Waals surface area contributed by atoms with Crippen LogP contribution in [0.5, 0.6) is 17.2 Å². The molecule has 1 spiro atoms. The van der Waals surface area contributed by atoms with Gasteiger partial charge < -0.3 is 19.1 Å². The van der Waals surface area contributed by atoms with E-state index in [2.05, 4.69) is 0 Å². The summed E-state index contributed by atoms with van der Waals surface area (Å²) in [4.78, 5) is 27.5. The number of amides is 1. The quantitative estimate of drug-likeness (QED) is 0.743. The fourth-order valence-corrected chi connectivity index (χ4v) is 4.36. The molecular weight excluding hydrogens is 370 g/mol. The Morgan fingerprint density at radius 1 is 0.966 bits per heavy atom. The summed E-state index contributed by atoms with van der Waals surface area (Å²) in [7, 11) is 0. The van der Waals surface area contributed by atoms with Crippen molar-refractivity contribution in [2.75, 3.05) is 26.3 Å². The Labute approximate surface area is 169 Å². The predicted molar refractivity (Wildman–Crippen MR) is 106 cm³/mol. The maximum absolute atomic E-state index is 13.0. The molecule has 150 valence electrons. The van der Waals surface area contributed by atoms with Crippen LogP contribution in [-0.4, -0.2) is 48.5 Å². The third-order valence-electron chi connectivity index (χ3n) is 6.00. The van der Waals surface area contributed by atoms with Gasteiger partial charge in [0.2, 0.25) is 0 Å². The first-order valence-corrected chi connectivity index (χ1v) is 10.0. The van der Waals surface area contributed by atoms with Crippen molar-refractivity contribution in [3.63, 3.8) is 0 Å². The van der Waals surface area contributed by atoms with Gasteiger partial charge in [0.15, 0.2) is 17.3 Å². The van der Waals surface area contributed by atoms with Gasteiger partial charge in [-0.1, -0.05) is 11.6 Å². The van der Waals surface area contributed by atoms with E-state index in [-0.39, 0.29) is 11.7 Å². The maximum Gasteiger partial charge on any atom is 0.253 e. The Morgan fingerprint density at radius 3 is 2.48 bits per heavy atom. The van der Waals surface area contributed by atoms with Gasteiger partial charge in [-0.05, 0) is 37.3 Å². The van der Waals surface area contributed by atoms with Gasteiger partial charge in [-0.15, -0.1) is 0 Å². The summed E-state index contributed by atoms with van der Waals surface area (Å²) < 4.78 is 17.4. The minimum Gasteiger partial charge on any atom is -0.486 e. The highest BCUT2D eigenvalue weighted by atomic mass is 16.6. The monoisotopic (exact) mass is 393 g/mol. The van der Waals surface area contributed by atoms with Gasteiger partial charge in [0, 0.05) is 31.5 Å². The number of piperidine rings is 1. The van der Waals surface area contributed by atoms with E-state index >= 15 is 0 Å². The van der Waals surface area contributed by atoms with Crippen molar-refractivity contribution < 1.29 is 23.8 Å². The van der Waals surface area contributed by atoms with E-state index in [0.717, 1.165) is 5.56 Å². The lowest BCUT2D eigenvalue weighted by molar-refractivity contribution is -0.00574. The number of aryl methyl sites for hydroxylation is 1. The van der Waals surface area contributed by atoms with Crippen LogP contribution in [0.15, 0.2) is 36.4 Å². The molecule has 5 rings (SSSR count). The van der Waals surface area contributed by atoms with Crippen molar-refractivity contribution in [2.24, 2.45) is 0 Å². The molecule has 3 heterocycles. The molecule has 0 unspecified atom stereocenters. The molecule has 1 amide bonds. The van der Waals surface area contributed by atoms with Crippen LogP contribution in [-0.2, 0) is 0 Å². The van der Waals surface area contributed by atoms with Crippen molar-refractivity contribution in [3.8, 4) is 17.2 Å². The number of nitrogens with zero attached hydrogens (tertiary/aromatic N) is 1. The highest BCUT2D eigenvalue weighted by Gasteiger charge is 2.43. The molecule has 0 aliphatic carbocycles. The first-order chi connectivity index (χ1) is 14.0. The number of Topliss-reactive ketones (excluding diaryl/α,β-unsaturated/α-hetero) is 1. The van der Waals surface area contributed by atoms with E-state index in [1.54, 1.807) is 18.2 Å². The minimum atomic E-state index is -0.511. The van der Waals surface area contributed by atoms with Crippen LogP contribution in [0.4, 0.5) is 0 Å². The summed E-state index contributed by atoms with van der Waals surface area (Å²) >= 11 is 0. The average Bonchev–Trinajstić information content (AvgIpc) is 2.74. The van der Waals surface area contributed by atoms with Gasteiger partial charge in [-0.3, -0.25) is 9.59 Å². The summed E-state index contributed by atoms with van der Waals surface area (Å²) in [5, 5.41) is 0. The smallest absolute Gasteiger partial charge is 0.253 e. The minimum absolute atomic E-state index is 0.0324. The largest absolute Gasteiger partial charge is 0.486 e. The van der Waals surface area contributed by atoms with E-state index in [9.17, 15) is 9.59 Å². The summed E-state index contributed by atoms with van der Waals surface area (Å²) in [6.45, 7) is 4.10. The Bertz CT molecular complexity index is 991. The number of fused-ring (bicyclic) bond motifs is 2. The number of benzene rings is 2. The van der Waals surface area contributed by atoms with E-state index in [4.69, 9.17) is 14.2 Å². The molecule has 2 aromatic carbocycles. The number of rotatable bonds is 1. The molecule has 29 heavy (non-hydrogen) atoms. The molecule has 0 radical (unpaired) electrons. The number of hydrogen-bond donors (Lipinski definition) is 0. The standard InChI is InChI=1S/C23H23NO5/c1-15-2-4-19-17(12-15)18(25)14-23(29-19)6-8-24(9-7-23)22(26)16-3-5-20-21(13-16)28-11-10-27-20/h2-5,12-13H,6-11,14H2,1H3. The Kier molecular flexibility index (Phi) is 4.23. The molecule has 0 saturated carbocycles. The molecular formula is C23H23NO5. The molecule has 3 aliphatic rings. The van der Waals surface area contributed by atoms with Gasteiger partial charge in [-0.25, -0.2) is 0 Å². The number of hydrogen-bond acceptors (Lipinski definition) is 5. The van der Waals surface area contributed by atoms with E-state index < -0.39 is 5.60 Å². The second-order valence-corrected chi connectivity index (χ2v) is 8.04. The zero-order valence-corrected chi connectivity index (χ0v) is 16.4. The summed E-state index contributed by atoms with van der Waals surface area (Å²) in [5.74, 6) is 2.05. The van der Waals surface area contributed by atoms with Crippen molar-refractivity contribution >= 4 is 11.7 Å². The van der Waals surface area contributed by atoms with Crippen molar-refractivity contribution in [1.29, 1.82) is 0 Å². The van der Waals surface area contributed by atoms with Gasteiger partial charge in [0.25, 0.3) is 5.91 Å². The molecule has 0 bridgehead atoms. The molecule has 0 N–H and O–H groups in total. The third kappa shape index (κ3) is 3.22. The van der Waals surface area contributed by atoms with Crippen LogP contribution in [0.25, 0.3) is 0 Å². The van der Waals surface area contributed by atoms with Crippen molar-refractivity contribution in [2.45, 2.75) is 31.8 Å². The Hall–Kier alpha value is -3.02. The van der Waals surface area contributed by atoms with Crippen molar-refractivity contribution in [1.82, 2.24) is 4.90 Å². The fraction of sp³-hybridized carbons (Fsp3) is 0.391. The highest BCUT2D eigenvalue weighted by Crippen LogP contribution is 2.40. The number of ketones is 1. The zero-order chi connectivity index (χ0) is 20.0. The van der Waals surface area contributed by atoms with E-state index in [1.807, 2.05) is 30.0 Å².